The Kier molecular flexibility index (Phi) is 4.48. The molecule has 1 aromatic carbocycles. The Morgan fingerprint density at radius 2 is 1.85 bits per heavy atom. The summed E-state index contributed by atoms with van der Waals surface area (Å²) in [5, 5.41) is 0. The van der Waals surface area contributed by atoms with Gasteiger partial charge in [0.2, 0.25) is 0 Å². The number of nitrogens with zero attached hydrogens (tertiary/aromatic N) is 1. The molecule has 0 aliphatic heterocycles. The monoisotopic (exact) mass is 274 g/mol. The third-order valence-corrected chi connectivity index (χ3v) is 3.85. The van der Waals surface area contributed by atoms with Crippen LogP contribution < -0.4 is 5.73 Å². The molecule has 2 N–H and O–H groups in total. The highest BCUT2D eigenvalue weighted by Gasteiger charge is 2.32. The first-order valence-corrected chi connectivity index (χ1v) is 7.55. The Morgan fingerprint density at radius 1 is 1.25 bits per heavy atom. The number of carbonyl (C=O) groups is 1. The van der Waals surface area contributed by atoms with E-state index in [1.54, 1.807) is 0 Å². The molecule has 20 heavy (non-hydrogen) atoms. The van der Waals surface area contributed by atoms with E-state index in [2.05, 4.69) is 32.9 Å². The minimum absolute atomic E-state index is 0.122. The molecular formula is C17H26N2O. The van der Waals surface area contributed by atoms with Crippen LogP contribution in [-0.2, 0) is 5.41 Å². The smallest absolute Gasteiger partial charge is 0.254 e. The first-order valence-electron chi connectivity index (χ1n) is 7.55. The summed E-state index contributed by atoms with van der Waals surface area (Å²) in [5.41, 5.74) is 7.74. The normalized spacial score (nSPS) is 15.2. The fraction of sp³-hybridized carbons (Fsp3) is 0.588. The molecule has 0 saturated heterocycles. The molecule has 0 atom stereocenters. The second kappa shape index (κ2) is 5.96. The summed E-state index contributed by atoms with van der Waals surface area (Å²) < 4.78 is 0. The minimum Gasteiger partial charge on any atom is -0.336 e. The number of benzene rings is 1. The van der Waals surface area contributed by atoms with Gasteiger partial charge >= 0.3 is 0 Å². The fourth-order valence-corrected chi connectivity index (χ4v) is 2.38. The maximum atomic E-state index is 12.6. The summed E-state index contributed by atoms with van der Waals surface area (Å²) in [7, 11) is 0. The number of rotatable bonds is 5. The Balaban J connectivity index is 2.11. The lowest BCUT2D eigenvalue weighted by Crippen LogP contribution is -2.34. The van der Waals surface area contributed by atoms with Crippen molar-refractivity contribution >= 4 is 5.91 Å². The van der Waals surface area contributed by atoms with Crippen molar-refractivity contribution in [3.05, 3.63) is 35.4 Å². The van der Waals surface area contributed by atoms with Crippen LogP contribution in [0, 0.1) is 0 Å². The van der Waals surface area contributed by atoms with E-state index in [1.807, 2.05) is 17.0 Å². The second-order valence-corrected chi connectivity index (χ2v) is 6.70. The molecular weight excluding hydrogens is 248 g/mol. The summed E-state index contributed by atoms with van der Waals surface area (Å²) in [6.45, 7) is 7.96. The van der Waals surface area contributed by atoms with Gasteiger partial charge in [0.05, 0.1) is 0 Å². The molecule has 1 aliphatic rings. The third-order valence-electron chi connectivity index (χ3n) is 3.85. The van der Waals surface area contributed by atoms with Gasteiger partial charge in [-0.15, -0.1) is 0 Å². The Labute approximate surface area is 122 Å². The van der Waals surface area contributed by atoms with Crippen LogP contribution >= 0.6 is 0 Å². The van der Waals surface area contributed by atoms with Crippen LogP contribution in [0.15, 0.2) is 24.3 Å². The van der Waals surface area contributed by atoms with Crippen LogP contribution in [0.3, 0.4) is 0 Å². The molecule has 3 nitrogen and oxygen atoms in total. The highest BCUT2D eigenvalue weighted by Crippen LogP contribution is 2.29. The number of hydrogen-bond donors (Lipinski definition) is 1. The average molecular weight is 274 g/mol. The molecule has 0 aromatic heterocycles. The summed E-state index contributed by atoms with van der Waals surface area (Å²) in [6, 6.07) is 8.50. The van der Waals surface area contributed by atoms with Gasteiger partial charge in [-0.25, -0.2) is 0 Å². The van der Waals surface area contributed by atoms with E-state index in [0.717, 1.165) is 31.4 Å². The maximum Gasteiger partial charge on any atom is 0.254 e. The molecule has 1 aromatic rings. The van der Waals surface area contributed by atoms with Gasteiger partial charge in [-0.05, 0) is 48.9 Å². The molecule has 1 amide bonds. The highest BCUT2D eigenvalue weighted by atomic mass is 16.2. The van der Waals surface area contributed by atoms with E-state index in [4.69, 9.17) is 5.73 Å². The van der Waals surface area contributed by atoms with Crippen molar-refractivity contribution in [2.24, 2.45) is 5.73 Å². The zero-order valence-corrected chi connectivity index (χ0v) is 12.9. The van der Waals surface area contributed by atoms with Gasteiger partial charge in [0.25, 0.3) is 5.91 Å². The van der Waals surface area contributed by atoms with E-state index in [9.17, 15) is 4.79 Å². The van der Waals surface area contributed by atoms with Crippen LogP contribution in [0.4, 0.5) is 0 Å². The van der Waals surface area contributed by atoms with Crippen molar-refractivity contribution in [1.82, 2.24) is 4.90 Å². The third kappa shape index (κ3) is 3.60. The maximum absolute atomic E-state index is 12.6. The highest BCUT2D eigenvalue weighted by molar-refractivity contribution is 5.94. The van der Waals surface area contributed by atoms with Gasteiger partial charge in [-0.2, -0.15) is 0 Å². The summed E-state index contributed by atoms with van der Waals surface area (Å²) in [5.74, 6) is 0.154. The predicted molar refractivity (Wildman–Crippen MR) is 82.9 cm³/mol. The van der Waals surface area contributed by atoms with Crippen LogP contribution in [0.1, 0.15) is 56.0 Å². The standard InChI is InChI=1S/C17H26N2O/c1-17(2,3)14-7-5-13(6-8-14)16(20)19(12-4-11-18)15-9-10-15/h5-8,15H,4,9-12,18H2,1-3H3. The fourth-order valence-electron chi connectivity index (χ4n) is 2.38. The summed E-state index contributed by atoms with van der Waals surface area (Å²) in [6.07, 6.45) is 3.15. The molecule has 0 spiro atoms. The van der Waals surface area contributed by atoms with Gasteiger partial charge in [-0.3, -0.25) is 4.79 Å². The number of amides is 1. The molecule has 0 bridgehead atoms. The number of hydrogen-bond acceptors (Lipinski definition) is 2. The van der Waals surface area contributed by atoms with Gasteiger partial charge in [0.1, 0.15) is 0 Å². The molecule has 2 rings (SSSR count). The van der Waals surface area contributed by atoms with Crippen molar-refractivity contribution in [1.29, 1.82) is 0 Å². The molecule has 0 radical (unpaired) electrons. The molecule has 1 fully saturated rings. The Hall–Kier alpha value is -1.35. The van der Waals surface area contributed by atoms with Gasteiger partial charge in [-0.1, -0.05) is 32.9 Å². The largest absolute Gasteiger partial charge is 0.336 e. The van der Waals surface area contributed by atoms with E-state index in [0.29, 0.717) is 12.6 Å². The SMILES string of the molecule is CC(C)(C)c1ccc(C(=O)N(CCCN)C2CC2)cc1. The second-order valence-electron chi connectivity index (χ2n) is 6.70. The van der Waals surface area contributed by atoms with Crippen LogP contribution in [0.25, 0.3) is 0 Å². The molecule has 0 heterocycles. The first-order chi connectivity index (χ1) is 9.43. The average Bonchev–Trinajstić information content (AvgIpc) is 3.23. The zero-order chi connectivity index (χ0) is 14.8. The molecule has 1 saturated carbocycles. The quantitative estimate of drug-likeness (QED) is 0.897. The lowest BCUT2D eigenvalue weighted by Gasteiger charge is -2.23. The molecule has 1 aliphatic carbocycles. The summed E-state index contributed by atoms with van der Waals surface area (Å²) in [4.78, 5) is 14.6. The molecule has 3 heteroatoms. The first kappa shape index (κ1) is 15.0. The topological polar surface area (TPSA) is 46.3 Å². The van der Waals surface area contributed by atoms with Crippen molar-refractivity contribution in [3.8, 4) is 0 Å². The summed E-state index contributed by atoms with van der Waals surface area (Å²) >= 11 is 0. The van der Waals surface area contributed by atoms with Crippen LogP contribution in [0.5, 0.6) is 0 Å². The zero-order valence-electron chi connectivity index (χ0n) is 12.9. The van der Waals surface area contributed by atoms with E-state index in [1.165, 1.54) is 5.56 Å². The van der Waals surface area contributed by atoms with Gasteiger partial charge in [0, 0.05) is 18.2 Å². The van der Waals surface area contributed by atoms with Gasteiger partial charge < -0.3 is 10.6 Å². The van der Waals surface area contributed by atoms with E-state index < -0.39 is 0 Å². The molecule has 110 valence electrons. The number of carbonyl (C=O) groups excluding carboxylic acids is 1. The van der Waals surface area contributed by atoms with Crippen LogP contribution in [-0.4, -0.2) is 29.9 Å². The van der Waals surface area contributed by atoms with Crippen molar-refractivity contribution in [2.45, 2.75) is 51.5 Å². The van der Waals surface area contributed by atoms with Crippen molar-refractivity contribution < 1.29 is 4.79 Å². The predicted octanol–water partition coefficient (Wildman–Crippen LogP) is 2.94. The lowest BCUT2D eigenvalue weighted by molar-refractivity contribution is 0.0742. The van der Waals surface area contributed by atoms with Crippen molar-refractivity contribution in [2.75, 3.05) is 13.1 Å². The Bertz CT molecular complexity index is 455. The number of nitrogens with two attached hydrogens (primary N) is 1. The van der Waals surface area contributed by atoms with Crippen molar-refractivity contribution in [3.63, 3.8) is 0 Å². The minimum atomic E-state index is 0.122. The van der Waals surface area contributed by atoms with E-state index >= 15 is 0 Å². The van der Waals surface area contributed by atoms with Gasteiger partial charge in [0.15, 0.2) is 0 Å². The van der Waals surface area contributed by atoms with Crippen LogP contribution in [0.2, 0.25) is 0 Å². The van der Waals surface area contributed by atoms with E-state index in [-0.39, 0.29) is 11.3 Å². The Morgan fingerprint density at radius 3 is 2.30 bits per heavy atom. The molecule has 0 unspecified atom stereocenters. The lowest BCUT2D eigenvalue weighted by atomic mass is 9.86.